The number of carbonyl (C=O) groups is 3. The molecule has 0 spiro atoms. The van der Waals surface area contributed by atoms with E-state index in [2.05, 4.69) is 10.6 Å². The maximum absolute atomic E-state index is 12.9. The van der Waals surface area contributed by atoms with Crippen molar-refractivity contribution in [2.24, 2.45) is 0 Å². The Kier molecular flexibility index (Phi) is 9.46. The molecule has 3 aromatic rings. The number of halogens is 6. The third kappa shape index (κ3) is 6.49. The standard InChI is InChI=1S/C22H12Cl6N2O4S/c23-11-5-2-6-12(16(11)24)30-13(31)8-35-10-4-1-3-9(7-10)29-21(32)14-15(22(33)34)18(26)20(28)19(27)17(14)25/h1-7H,8H2,(H,29,32)(H,30,31)(H,33,34). The van der Waals surface area contributed by atoms with Crippen molar-refractivity contribution in [1.82, 2.24) is 0 Å². The first-order chi connectivity index (χ1) is 16.5. The first-order valence-corrected chi connectivity index (χ1v) is 12.6. The third-order valence-corrected chi connectivity index (χ3v) is 8.01. The van der Waals surface area contributed by atoms with Gasteiger partial charge in [0.15, 0.2) is 0 Å². The molecule has 3 rings (SSSR count). The minimum Gasteiger partial charge on any atom is -0.478 e. The fourth-order valence-electron chi connectivity index (χ4n) is 2.84. The average Bonchev–Trinajstić information content (AvgIpc) is 2.81. The number of carboxylic acids is 1. The number of anilines is 2. The lowest BCUT2D eigenvalue weighted by atomic mass is 10.1. The van der Waals surface area contributed by atoms with Crippen molar-refractivity contribution < 1.29 is 19.5 Å². The van der Waals surface area contributed by atoms with Crippen LogP contribution in [-0.4, -0.2) is 28.6 Å². The van der Waals surface area contributed by atoms with Crippen LogP contribution < -0.4 is 10.6 Å². The van der Waals surface area contributed by atoms with Crippen LogP contribution in [0, 0.1) is 0 Å². The summed E-state index contributed by atoms with van der Waals surface area (Å²) in [6, 6.07) is 11.4. The van der Waals surface area contributed by atoms with Crippen molar-refractivity contribution in [3.8, 4) is 0 Å². The van der Waals surface area contributed by atoms with Gasteiger partial charge in [-0.3, -0.25) is 9.59 Å². The van der Waals surface area contributed by atoms with Gasteiger partial charge in [0.1, 0.15) is 0 Å². The Balaban J connectivity index is 1.75. The van der Waals surface area contributed by atoms with Crippen LogP contribution in [0.3, 0.4) is 0 Å². The molecular formula is C22H12Cl6N2O4S. The molecule has 35 heavy (non-hydrogen) atoms. The normalized spacial score (nSPS) is 10.7. The Labute approximate surface area is 233 Å². The predicted molar refractivity (Wildman–Crippen MR) is 144 cm³/mol. The number of hydrogen-bond donors (Lipinski definition) is 3. The van der Waals surface area contributed by atoms with Gasteiger partial charge in [0.05, 0.1) is 52.7 Å². The largest absolute Gasteiger partial charge is 0.478 e. The van der Waals surface area contributed by atoms with Crippen LogP contribution in [0.5, 0.6) is 0 Å². The minimum atomic E-state index is -1.50. The zero-order chi connectivity index (χ0) is 25.9. The number of rotatable bonds is 7. The Morgan fingerprint density at radius 3 is 2.06 bits per heavy atom. The number of benzene rings is 3. The Morgan fingerprint density at radius 1 is 0.771 bits per heavy atom. The van der Waals surface area contributed by atoms with Gasteiger partial charge in [-0.25, -0.2) is 4.79 Å². The lowest BCUT2D eigenvalue weighted by molar-refractivity contribution is -0.113. The molecule has 6 nitrogen and oxygen atoms in total. The minimum absolute atomic E-state index is 0.0393. The second-order valence-corrected chi connectivity index (χ2v) is 10.1. The summed E-state index contributed by atoms with van der Waals surface area (Å²) in [5.41, 5.74) is -0.315. The zero-order valence-electron chi connectivity index (χ0n) is 17.1. The van der Waals surface area contributed by atoms with E-state index in [-0.39, 0.29) is 31.8 Å². The van der Waals surface area contributed by atoms with Crippen LogP contribution in [-0.2, 0) is 4.79 Å². The van der Waals surface area contributed by atoms with E-state index < -0.39 is 28.0 Å². The summed E-state index contributed by atoms with van der Waals surface area (Å²) in [4.78, 5) is 37.6. The number of carboxylic acid groups (broad SMARTS) is 1. The molecule has 0 aliphatic rings. The molecule has 0 atom stereocenters. The van der Waals surface area contributed by atoms with E-state index in [1.807, 2.05) is 0 Å². The molecule has 0 fully saturated rings. The fraction of sp³-hybridized carbons (Fsp3) is 0.0455. The Morgan fingerprint density at radius 2 is 1.40 bits per heavy atom. The van der Waals surface area contributed by atoms with Crippen molar-refractivity contribution in [1.29, 1.82) is 0 Å². The molecule has 0 aromatic heterocycles. The van der Waals surface area contributed by atoms with Crippen molar-refractivity contribution >= 4 is 111 Å². The summed E-state index contributed by atoms with van der Waals surface area (Å²) in [5, 5.41) is 14.0. The van der Waals surface area contributed by atoms with Gasteiger partial charge in [0.25, 0.3) is 5.91 Å². The summed E-state index contributed by atoms with van der Waals surface area (Å²) >= 11 is 37.3. The number of carbonyl (C=O) groups excluding carboxylic acids is 2. The molecule has 0 bridgehead atoms. The smallest absolute Gasteiger partial charge is 0.338 e. The molecule has 182 valence electrons. The lowest BCUT2D eigenvalue weighted by Gasteiger charge is -2.14. The molecule has 0 aliphatic carbocycles. The number of nitrogens with one attached hydrogen (secondary N) is 2. The Hall–Kier alpha value is -1.84. The molecule has 3 N–H and O–H groups in total. The van der Waals surface area contributed by atoms with E-state index >= 15 is 0 Å². The Bertz CT molecular complexity index is 1350. The maximum atomic E-state index is 12.9. The highest BCUT2D eigenvalue weighted by Gasteiger charge is 2.29. The molecule has 2 amide bonds. The quantitative estimate of drug-likeness (QED) is 0.142. The number of hydrogen-bond acceptors (Lipinski definition) is 4. The van der Waals surface area contributed by atoms with Crippen LogP contribution in [0.15, 0.2) is 47.4 Å². The number of amides is 2. The van der Waals surface area contributed by atoms with Gasteiger partial charge < -0.3 is 15.7 Å². The summed E-state index contributed by atoms with van der Waals surface area (Å²) < 4.78 is 0. The third-order valence-electron chi connectivity index (χ3n) is 4.40. The van der Waals surface area contributed by atoms with Crippen LogP contribution in [0.4, 0.5) is 11.4 Å². The SMILES string of the molecule is O=C(CSc1cccc(NC(=O)c2c(Cl)c(Cl)c(Cl)c(Cl)c2C(=O)O)c1)Nc1cccc(Cl)c1Cl. The highest BCUT2D eigenvalue weighted by atomic mass is 35.5. The second-order valence-electron chi connectivity index (χ2n) is 6.73. The highest BCUT2D eigenvalue weighted by molar-refractivity contribution is 8.00. The van der Waals surface area contributed by atoms with Gasteiger partial charge in [-0.2, -0.15) is 0 Å². The van der Waals surface area contributed by atoms with Crippen molar-refractivity contribution in [2.75, 3.05) is 16.4 Å². The van der Waals surface area contributed by atoms with E-state index in [0.717, 1.165) is 0 Å². The molecule has 0 heterocycles. The monoisotopic (exact) mass is 610 g/mol. The van der Waals surface area contributed by atoms with Gasteiger partial charge in [-0.1, -0.05) is 81.7 Å². The van der Waals surface area contributed by atoms with Crippen molar-refractivity contribution in [3.05, 3.63) is 83.7 Å². The van der Waals surface area contributed by atoms with E-state index in [1.54, 1.807) is 42.5 Å². The number of aromatic carboxylic acids is 1. The molecule has 0 aliphatic heterocycles. The molecule has 13 heteroatoms. The summed E-state index contributed by atoms with van der Waals surface area (Å²) in [6.07, 6.45) is 0. The molecule has 0 saturated heterocycles. The van der Waals surface area contributed by atoms with E-state index in [9.17, 15) is 19.5 Å². The zero-order valence-corrected chi connectivity index (χ0v) is 22.4. The highest BCUT2D eigenvalue weighted by Crippen LogP contribution is 2.42. The van der Waals surface area contributed by atoms with Crippen LogP contribution >= 0.6 is 81.4 Å². The van der Waals surface area contributed by atoms with Gasteiger partial charge in [0, 0.05) is 10.6 Å². The lowest BCUT2D eigenvalue weighted by Crippen LogP contribution is -2.18. The van der Waals surface area contributed by atoms with Gasteiger partial charge in [-0.05, 0) is 30.3 Å². The van der Waals surface area contributed by atoms with Gasteiger partial charge in [0.2, 0.25) is 5.91 Å². The predicted octanol–water partition coefficient (Wildman–Crippen LogP) is 8.29. The van der Waals surface area contributed by atoms with Gasteiger partial charge in [-0.15, -0.1) is 11.8 Å². The first kappa shape index (κ1) is 27.7. The molecule has 3 aromatic carbocycles. The molecular weight excluding hydrogens is 601 g/mol. The average molecular weight is 613 g/mol. The van der Waals surface area contributed by atoms with E-state index in [1.165, 1.54) is 11.8 Å². The second kappa shape index (κ2) is 11.9. The summed E-state index contributed by atoms with van der Waals surface area (Å²) in [6.45, 7) is 0. The molecule has 0 saturated carbocycles. The van der Waals surface area contributed by atoms with Gasteiger partial charge >= 0.3 is 5.97 Å². The van der Waals surface area contributed by atoms with Crippen molar-refractivity contribution in [2.45, 2.75) is 4.90 Å². The topological polar surface area (TPSA) is 95.5 Å². The maximum Gasteiger partial charge on any atom is 0.338 e. The molecule has 0 radical (unpaired) electrons. The van der Waals surface area contributed by atoms with E-state index in [4.69, 9.17) is 69.6 Å². The van der Waals surface area contributed by atoms with Crippen LogP contribution in [0.25, 0.3) is 0 Å². The molecule has 0 unspecified atom stereocenters. The first-order valence-electron chi connectivity index (χ1n) is 9.38. The number of thioether (sulfide) groups is 1. The van der Waals surface area contributed by atoms with Crippen LogP contribution in [0.1, 0.15) is 20.7 Å². The summed E-state index contributed by atoms with van der Waals surface area (Å²) in [7, 11) is 0. The fourth-order valence-corrected chi connectivity index (χ4v) is 4.96. The van der Waals surface area contributed by atoms with E-state index in [0.29, 0.717) is 21.3 Å². The van der Waals surface area contributed by atoms with Crippen LogP contribution in [0.2, 0.25) is 30.1 Å². The van der Waals surface area contributed by atoms with Crippen molar-refractivity contribution in [3.63, 3.8) is 0 Å². The summed E-state index contributed by atoms with van der Waals surface area (Å²) in [5.74, 6) is -2.64.